The zero-order chi connectivity index (χ0) is 25.6. The summed E-state index contributed by atoms with van der Waals surface area (Å²) in [6.45, 7) is 8.64. The van der Waals surface area contributed by atoms with E-state index in [1.807, 2.05) is 11.3 Å². The molecule has 0 unspecified atom stereocenters. The first kappa shape index (κ1) is 22.7. The minimum atomic E-state index is -0.328. The van der Waals surface area contributed by atoms with E-state index >= 15 is 0 Å². The van der Waals surface area contributed by atoms with Crippen molar-refractivity contribution in [2.75, 3.05) is 0 Å². The van der Waals surface area contributed by atoms with Gasteiger partial charge in [-0.2, -0.15) is 0 Å². The fraction of sp³-hybridized carbons (Fsp3) is 0.471. The quantitative estimate of drug-likeness (QED) is 0.237. The molecule has 1 saturated heterocycles. The molecule has 4 bridgehead atoms. The Kier molecular flexibility index (Phi) is 4.25. The second-order valence-corrected chi connectivity index (χ2v) is 15.1. The smallest absolute Gasteiger partial charge is 0.399 e. The Bertz CT molecular complexity index is 1620. The summed E-state index contributed by atoms with van der Waals surface area (Å²) in [5.74, 6) is 3.38. The number of hydrogen-bond acceptors (Lipinski definition) is 3. The Morgan fingerprint density at radius 1 is 0.684 bits per heavy atom. The van der Waals surface area contributed by atoms with Crippen LogP contribution in [0, 0.1) is 23.7 Å². The van der Waals surface area contributed by atoms with Crippen LogP contribution in [0.4, 0.5) is 0 Å². The second-order valence-electron chi connectivity index (χ2n) is 14.1. The van der Waals surface area contributed by atoms with Crippen LogP contribution in [0.15, 0.2) is 54.6 Å². The molecule has 4 saturated carbocycles. The topological polar surface area (TPSA) is 18.5 Å². The Morgan fingerprint density at radius 3 is 2.05 bits per heavy atom. The van der Waals surface area contributed by atoms with Crippen LogP contribution >= 0.6 is 11.3 Å². The maximum absolute atomic E-state index is 6.56. The van der Waals surface area contributed by atoms with Crippen LogP contribution in [0.25, 0.3) is 31.3 Å². The summed E-state index contributed by atoms with van der Waals surface area (Å²) in [5, 5.41) is 2.82. The predicted octanol–water partition coefficient (Wildman–Crippen LogP) is 8.08. The molecule has 0 amide bonds. The molecular weight excluding hydrogens is 483 g/mol. The van der Waals surface area contributed by atoms with Crippen molar-refractivity contribution >= 4 is 44.1 Å². The van der Waals surface area contributed by atoms with Gasteiger partial charge >= 0.3 is 7.12 Å². The summed E-state index contributed by atoms with van der Waals surface area (Å²) in [7, 11) is -0.310. The lowest BCUT2D eigenvalue weighted by Crippen LogP contribution is -2.55. The summed E-state index contributed by atoms with van der Waals surface area (Å²) < 4.78 is 16.0. The van der Waals surface area contributed by atoms with Crippen molar-refractivity contribution in [2.45, 2.75) is 76.4 Å². The molecule has 192 valence electrons. The van der Waals surface area contributed by atoms with Crippen LogP contribution in [0.5, 0.6) is 0 Å². The first-order valence-electron chi connectivity index (χ1n) is 14.7. The fourth-order valence-corrected chi connectivity index (χ4v) is 10.7. The highest BCUT2D eigenvalue weighted by Crippen LogP contribution is 2.69. The molecule has 0 N–H and O–H groups in total. The monoisotopic (exact) mass is 518 g/mol. The summed E-state index contributed by atoms with van der Waals surface area (Å²) in [5.41, 5.74) is 6.84. The average Bonchev–Trinajstić information content (AvgIpc) is 3.45. The zero-order valence-electron chi connectivity index (χ0n) is 22.8. The molecule has 5 fully saturated rings. The summed E-state index contributed by atoms with van der Waals surface area (Å²) in [6.07, 6.45) is 7.08. The van der Waals surface area contributed by atoms with Crippen LogP contribution < -0.4 is 5.46 Å². The van der Waals surface area contributed by atoms with Gasteiger partial charge in [-0.3, -0.25) is 0 Å². The molecule has 0 radical (unpaired) electrons. The highest BCUT2D eigenvalue weighted by atomic mass is 32.1. The van der Waals surface area contributed by atoms with Gasteiger partial charge < -0.3 is 9.31 Å². The highest BCUT2D eigenvalue weighted by molar-refractivity contribution is 7.25. The van der Waals surface area contributed by atoms with Crippen LogP contribution in [-0.2, 0) is 14.7 Å². The summed E-state index contributed by atoms with van der Waals surface area (Å²) in [6, 6.07) is 21.4. The Balaban J connectivity index is 1.29. The van der Waals surface area contributed by atoms with Gasteiger partial charge in [0.15, 0.2) is 0 Å². The van der Waals surface area contributed by atoms with Crippen LogP contribution in [0.2, 0.25) is 0 Å². The third-order valence-corrected chi connectivity index (χ3v) is 12.8. The van der Waals surface area contributed by atoms with E-state index in [1.54, 1.807) is 11.1 Å². The third kappa shape index (κ3) is 2.68. The minimum Gasteiger partial charge on any atom is -0.399 e. The molecule has 0 atom stereocenters. The summed E-state index contributed by atoms with van der Waals surface area (Å²) in [4.78, 5) is 0. The average molecular weight is 519 g/mol. The summed E-state index contributed by atoms with van der Waals surface area (Å²) >= 11 is 1.97. The maximum Gasteiger partial charge on any atom is 0.494 e. The lowest BCUT2D eigenvalue weighted by molar-refractivity contribution is -0.0398. The number of hydrogen-bond donors (Lipinski definition) is 0. The Labute approximate surface area is 229 Å². The molecule has 1 aliphatic heterocycles. The standard InChI is InChI=1S/C34H35BO2S/c1-32(2)33(3,4)37-35(36-32)23-9-10-24-26-17-27-25-7-5-6-8-30(25)38-31(27)18-29(26)34(28(24)16-23)21-12-19-11-20(14-21)15-22(34)13-19/h5-10,16-22H,11-15H2,1-4H3. The second kappa shape index (κ2) is 7.13. The van der Waals surface area contributed by atoms with E-state index in [0.717, 1.165) is 23.7 Å². The molecule has 4 aromatic rings. The molecule has 6 aliphatic rings. The largest absolute Gasteiger partial charge is 0.494 e. The SMILES string of the molecule is CC1(C)OB(c2ccc3c(c2)C2(c4cc5sc6ccccc6c5cc4-3)C3CC4CC(C3)CC2C4)OC1(C)C. The van der Waals surface area contributed by atoms with Gasteiger partial charge in [0.05, 0.1) is 11.2 Å². The molecule has 1 aromatic heterocycles. The van der Waals surface area contributed by atoms with E-state index in [0.29, 0.717) is 0 Å². The number of rotatable bonds is 1. The van der Waals surface area contributed by atoms with Crippen LogP contribution in [0.3, 0.4) is 0 Å². The molecule has 3 aromatic carbocycles. The van der Waals surface area contributed by atoms with Gasteiger partial charge in [-0.1, -0.05) is 36.4 Å². The van der Waals surface area contributed by atoms with E-state index in [-0.39, 0.29) is 23.7 Å². The van der Waals surface area contributed by atoms with E-state index in [9.17, 15) is 0 Å². The molecule has 10 rings (SSSR count). The van der Waals surface area contributed by atoms with Gasteiger partial charge in [0.2, 0.25) is 0 Å². The van der Waals surface area contributed by atoms with Gasteiger partial charge in [0.1, 0.15) is 0 Å². The van der Waals surface area contributed by atoms with Gasteiger partial charge in [-0.05, 0) is 129 Å². The molecule has 2 nitrogen and oxygen atoms in total. The van der Waals surface area contributed by atoms with Crippen molar-refractivity contribution in [3.8, 4) is 11.1 Å². The van der Waals surface area contributed by atoms with Gasteiger partial charge in [0.25, 0.3) is 0 Å². The zero-order valence-corrected chi connectivity index (χ0v) is 23.7. The third-order valence-electron chi connectivity index (χ3n) is 11.7. The van der Waals surface area contributed by atoms with Crippen molar-refractivity contribution in [3.63, 3.8) is 0 Å². The van der Waals surface area contributed by atoms with Gasteiger partial charge in [-0.25, -0.2) is 0 Å². The molecular formula is C34H35BO2S. The lowest BCUT2D eigenvalue weighted by Gasteiger charge is -2.61. The van der Waals surface area contributed by atoms with E-state index in [2.05, 4.69) is 82.3 Å². The van der Waals surface area contributed by atoms with Gasteiger partial charge in [0, 0.05) is 25.6 Å². The molecule has 4 heteroatoms. The van der Waals surface area contributed by atoms with Gasteiger partial charge in [-0.15, -0.1) is 11.3 Å². The molecule has 38 heavy (non-hydrogen) atoms. The van der Waals surface area contributed by atoms with Crippen molar-refractivity contribution in [3.05, 3.63) is 65.7 Å². The Hall–Kier alpha value is -2.14. The van der Waals surface area contributed by atoms with Crippen molar-refractivity contribution in [2.24, 2.45) is 23.7 Å². The number of fused-ring (bicyclic) bond motifs is 6. The highest BCUT2D eigenvalue weighted by Gasteiger charge is 2.62. The first-order chi connectivity index (χ1) is 18.2. The molecule has 1 spiro atoms. The lowest BCUT2D eigenvalue weighted by atomic mass is 9.43. The van der Waals surface area contributed by atoms with E-state index in [1.165, 1.54) is 68.9 Å². The number of benzene rings is 3. The predicted molar refractivity (Wildman–Crippen MR) is 158 cm³/mol. The van der Waals surface area contributed by atoms with E-state index in [4.69, 9.17) is 9.31 Å². The number of thiophene rings is 1. The van der Waals surface area contributed by atoms with Crippen molar-refractivity contribution in [1.82, 2.24) is 0 Å². The van der Waals surface area contributed by atoms with E-state index < -0.39 is 0 Å². The molecule has 2 heterocycles. The molecule has 5 aliphatic carbocycles. The van der Waals surface area contributed by atoms with Crippen LogP contribution in [-0.4, -0.2) is 18.3 Å². The normalized spacial score (nSPS) is 33.5. The van der Waals surface area contributed by atoms with Crippen molar-refractivity contribution in [1.29, 1.82) is 0 Å². The Morgan fingerprint density at radius 2 is 1.34 bits per heavy atom. The first-order valence-corrected chi connectivity index (χ1v) is 15.5. The fourth-order valence-electron chi connectivity index (χ4n) is 9.55. The maximum atomic E-state index is 6.56. The van der Waals surface area contributed by atoms with Crippen LogP contribution in [0.1, 0.15) is 70.9 Å². The van der Waals surface area contributed by atoms with Crippen molar-refractivity contribution < 1.29 is 9.31 Å². The minimum absolute atomic E-state index is 0.141.